The molecular weight excluding hydrogens is 310 g/mol. The monoisotopic (exact) mass is 325 g/mol. The number of Topliss-reactive ketones (excluding diaryl/α,β-unsaturated/α-hetero) is 1. The molecule has 102 valence electrons. The van der Waals surface area contributed by atoms with Gasteiger partial charge in [-0.3, -0.25) is 4.79 Å². The molecule has 5 heteroatoms. The number of methoxy groups -OCH3 is 2. The van der Waals surface area contributed by atoms with Crippen molar-refractivity contribution in [2.75, 3.05) is 14.2 Å². The van der Waals surface area contributed by atoms with Crippen molar-refractivity contribution in [1.82, 2.24) is 0 Å². The van der Waals surface area contributed by atoms with Crippen molar-refractivity contribution in [3.63, 3.8) is 0 Å². The summed E-state index contributed by atoms with van der Waals surface area (Å²) in [5, 5.41) is 0. The quantitative estimate of drug-likeness (QED) is 0.682. The predicted octanol–water partition coefficient (Wildman–Crippen LogP) is 2.55. The minimum atomic E-state index is -0.177. The highest BCUT2D eigenvalue weighted by molar-refractivity contribution is 9.10. The summed E-state index contributed by atoms with van der Waals surface area (Å²) in [6.07, 6.45) is 4.38. The smallest absolute Gasteiger partial charge is 0.173 e. The Balaban J connectivity index is 2.37. The number of hydrogen-bond donors (Lipinski definition) is 1. The van der Waals surface area contributed by atoms with Gasteiger partial charge < -0.3 is 15.2 Å². The number of allylic oxidation sites excluding steroid dienone is 1. The molecule has 0 aliphatic heterocycles. The number of ether oxygens (including phenoxy) is 2. The van der Waals surface area contributed by atoms with Crippen LogP contribution in [0.15, 0.2) is 28.8 Å². The average molecular weight is 326 g/mol. The number of ketones is 1. The van der Waals surface area contributed by atoms with Gasteiger partial charge in [0.2, 0.25) is 0 Å². The van der Waals surface area contributed by atoms with Gasteiger partial charge >= 0.3 is 0 Å². The molecule has 19 heavy (non-hydrogen) atoms. The second kappa shape index (κ2) is 5.75. The summed E-state index contributed by atoms with van der Waals surface area (Å²) in [4.78, 5) is 12.5. The number of nitrogens with two attached hydrogens (primary N) is 1. The molecule has 1 aromatic carbocycles. The van der Waals surface area contributed by atoms with Crippen molar-refractivity contribution in [2.45, 2.75) is 12.5 Å². The van der Waals surface area contributed by atoms with Crippen LogP contribution >= 0.6 is 15.9 Å². The lowest BCUT2D eigenvalue weighted by Gasteiger charge is -2.15. The van der Waals surface area contributed by atoms with Crippen LogP contribution < -0.4 is 15.2 Å². The minimum Gasteiger partial charge on any atom is -0.495 e. The Morgan fingerprint density at radius 3 is 2.58 bits per heavy atom. The molecule has 0 spiro atoms. The lowest BCUT2D eigenvalue weighted by Crippen LogP contribution is -2.19. The van der Waals surface area contributed by atoms with E-state index in [0.29, 0.717) is 28.0 Å². The Kier molecular flexibility index (Phi) is 4.27. The van der Waals surface area contributed by atoms with Gasteiger partial charge in [0.1, 0.15) is 16.0 Å². The summed E-state index contributed by atoms with van der Waals surface area (Å²) in [5.41, 5.74) is 6.33. The Bertz CT molecular complexity index is 528. The Morgan fingerprint density at radius 1 is 1.32 bits per heavy atom. The van der Waals surface area contributed by atoms with Gasteiger partial charge in [-0.2, -0.15) is 0 Å². The first kappa shape index (κ1) is 14.1. The van der Waals surface area contributed by atoms with Crippen LogP contribution in [0.5, 0.6) is 11.5 Å². The zero-order valence-electron chi connectivity index (χ0n) is 10.9. The van der Waals surface area contributed by atoms with E-state index in [1.165, 1.54) is 7.11 Å². The van der Waals surface area contributed by atoms with Gasteiger partial charge in [-0.1, -0.05) is 12.2 Å². The molecule has 0 amide bonds. The van der Waals surface area contributed by atoms with Crippen molar-refractivity contribution >= 4 is 21.7 Å². The molecule has 2 rings (SSSR count). The van der Waals surface area contributed by atoms with E-state index >= 15 is 0 Å². The topological polar surface area (TPSA) is 61.5 Å². The molecule has 0 heterocycles. The van der Waals surface area contributed by atoms with Crippen LogP contribution in [0.1, 0.15) is 16.8 Å². The van der Waals surface area contributed by atoms with Crippen LogP contribution in [0.25, 0.3) is 0 Å². The molecule has 2 unspecified atom stereocenters. The van der Waals surface area contributed by atoms with Crippen LogP contribution in [-0.2, 0) is 0 Å². The van der Waals surface area contributed by atoms with Crippen LogP contribution in [-0.4, -0.2) is 26.0 Å². The van der Waals surface area contributed by atoms with E-state index in [1.807, 2.05) is 12.2 Å². The molecule has 0 saturated heterocycles. The van der Waals surface area contributed by atoms with Crippen LogP contribution in [0.4, 0.5) is 0 Å². The van der Waals surface area contributed by atoms with Gasteiger partial charge in [0.05, 0.1) is 19.8 Å². The average Bonchev–Trinajstić information content (AvgIpc) is 2.84. The van der Waals surface area contributed by atoms with Crippen molar-refractivity contribution in [3.8, 4) is 11.5 Å². The van der Waals surface area contributed by atoms with E-state index in [4.69, 9.17) is 15.2 Å². The molecule has 0 radical (unpaired) electrons. The zero-order chi connectivity index (χ0) is 14.0. The number of rotatable bonds is 4. The van der Waals surface area contributed by atoms with Gasteiger partial charge in [0.25, 0.3) is 0 Å². The summed E-state index contributed by atoms with van der Waals surface area (Å²) >= 11 is 3.40. The predicted molar refractivity (Wildman–Crippen MR) is 76.8 cm³/mol. The first-order chi connectivity index (χ1) is 9.08. The number of benzene rings is 1. The SMILES string of the molecule is COc1ccc(C(=O)C2C=CC(N)C2)c(OC)c1Br. The fraction of sp³-hybridized carbons (Fsp3) is 0.357. The Morgan fingerprint density at radius 2 is 2.05 bits per heavy atom. The maximum atomic E-state index is 12.5. The third-order valence-electron chi connectivity index (χ3n) is 3.20. The van der Waals surface area contributed by atoms with Crippen LogP contribution in [0.3, 0.4) is 0 Å². The standard InChI is InChI=1S/C14H16BrNO3/c1-18-11-6-5-10(14(19-2)12(11)15)13(17)8-3-4-9(16)7-8/h3-6,8-9H,7,16H2,1-2H3. The molecule has 1 aromatic rings. The van der Waals surface area contributed by atoms with Crippen LogP contribution in [0.2, 0.25) is 0 Å². The number of carbonyl (C=O) groups excluding carboxylic acids is 1. The normalized spacial score (nSPS) is 21.5. The van der Waals surface area contributed by atoms with E-state index in [9.17, 15) is 4.79 Å². The second-order valence-electron chi connectivity index (χ2n) is 4.42. The van der Waals surface area contributed by atoms with E-state index in [1.54, 1.807) is 19.2 Å². The molecule has 2 atom stereocenters. The van der Waals surface area contributed by atoms with Crippen molar-refractivity contribution in [3.05, 3.63) is 34.3 Å². The largest absolute Gasteiger partial charge is 0.495 e. The molecule has 0 saturated carbocycles. The molecule has 2 N–H and O–H groups in total. The van der Waals surface area contributed by atoms with Crippen molar-refractivity contribution in [2.24, 2.45) is 11.7 Å². The number of hydrogen-bond acceptors (Lipinski definition) is 4. The molecule has 0 bridgehead atoms. The first-order valence-corrected chi connectivity index (χ1v) is 6.76. The van der Waals surface area contributed by atoms with Crippen molar-refractivity contribution in [1.29, 1.82) is 0 Å². The van der Waals surface area contributed by atoms with Crippen LogP contribution in [0, 0.1) is 5.92 Å². The van der Waals surface area contributed by atoms with E-state index in [2.05, 4.69) is 15.9 Å². The van der Waals surface area contributed by atoms with E-state index in [-0.39, 0.29) is 17.7 Å². The Labute approximate surface area is 120 Å². The summed E-state index contributed by atoms with van der Waals surface area (Å²) in [6, 6.07) is 3.43. The van der Waals surface area contributed by atoms with Gasteiger partial charge in [-0.05, 0) is 34.5 Å². The number of carbonyl (C=O) groups is 1. The fourth-order valence-corrected chi connectivity index (χ4v) is 2.88. The first-order valence-electron chi connectivity index (χ1n) is 5.97. The lowest BCUT2D eigenvalue weighted by atomic mass is 9.95. The van der Waals surface area contributed by atoms with Gasteiger partial charge in [0.15, 0.2) is 5.78 Å². The fourth-order valence-electron chi connectivity index (χ4n) is 2.21. The van der Waals surface area contributed by atoms with Crippen molar-refractivity contribution < 1.29 is 14.3 Å². The molecule has 4 nitrogen and oxygen atoms in total. The van der Waals surface area contributed by atoms with Gasteiger partial charge in [-0.25, -0.2) is 0 Å². The lowest BCUT2D eigenvalue weighted by molar-refractivity contribution is 0.0939. The molecule has 0 aromatic heterocycles. The third-order valence-corrected chi connectivity index (χ3v) is 3.96. The molecule has 1 aliphatic rings. The van der Waals surface area contributed by atoms with E-state index in [0.717, 1.165) is 0 Å². The van der Waals surface area contributed by atoms with Gasteiger partial charge in [0, 0.05) is 12.0 Å². The highest BCUT2D eigenvalue weighted by Crippen LogP contribution is 2.38. The molecule has 0 fully saturated rings. The highest BCUT2D eigenvalue weighted by atomic mass is 79.9. The second-order valence-corrected chi connectivity index (χ2v) is 5.21. The summed E-state index contributed by atoms with van der Waals surface area (Å²) in [5.74, 6) is 0.971. The summed E-state index contributed by atoms with van der Waals surface area (Å²) in [6.45, 7) is 0. The maximum absolute atomic E-state index is 12.5. The molecular formula is C14H16BrNO3. The third kappa shape index (κ3) is 2.67. The van der Waals surface area contributed by atoms with E-state index < -0.39 is 0 Å². The molecule has 1 aliphatic carbocycles. The zero-order valence-corrected chi connectivity index (χ0v) is 12.4. The summed E-state index contributed by atoms with van der Waals surface area (Å²) < 4.78 is 11.2. The highest BCUT2D eigenvalue weighted by Gasteiger charge is 2.27. The minimum absolute atomic E-state index is 0.0180. The maximum Gasteiger partial charge on any atom is 0.173 e. The number of halogens is 1. The summed E-state index contributed by atoms with van der Waals surface area (Å²) in [7, 11) is 3.10. The Hall–Kier alpha value is -1.33. The van der Waals surface area contributed by atoms with Gasteiger partial charge in [-0.15, -0.1) is 0 Å².